The highest BCUT2D eigenvalue weighted by atomic mass is 35.5. The molecule has 2 aromatic rings. The summed E-state index contributed by atoms with van der Waals surface area (Å²) in [6, 6.07) is 10.4. The predicted molar refractivity (Wildman–Crippen MR) is 78.6 cm³/mol. The van der Waals surface area contributed by atoms with Gasteiger partial charge in [0.1, 0.15) is 22.3 Å². The van der Waals surface area contributed by atoms with Gasteiger partial charge in [0.15, 0.2) is 0 Å². The molecule has 19 heavy (non-hydrogen) atoms. The van der Waals surface area contributed by atoms with Crippen LogP contribution < -0.4 is 15.2 Å². The Bertz CT molecular complexity index is 588. The fraction of sp³-hybridized carbons (Fsp3) is 0.143. The van der Waals surface area contributed by atoms with E-state index in [-0.39, 0.29) is 0 Å². The number of nitrogens with two attached hydrogens (primary N) is 1. The van der Waals surface area contributed by atoms with E-state index in [9.17, 15) is 0 Å². The first-order chi connectivity index (χ1) is 9.11. The van der Waals surface area contributed by atoms with Crippen molar-refractivity contribution >= 4 is 28.9 Å². The van der Waals surface area contributed by atoms with Crippen molar-refractivity contribution in [2.45, 2.75) is 6.92 Å². The summed E-state index contributed by atoms with van der Waals surface area (Å²) in [7, 11) is 0. The maximum absolute atomic E-state index is 6.06. The van der Waals surface area contributed by atoms with Crippen LogP contribution in [0.4, 0.5) is 5.69 Å². The molecular formula is C14H13Cl2NO2. The molecule has 0 heterocycles. The summed E-state index contributed by atoms with van der Waals surface area (Å²) < 4.78 is 11.1. The van der Waals surface area contributed by atoms with E-state index in [0.29, 0.717) is 39.6 Å². The monoisotopic (exact) mass is 297 g/mol. The molecule has 2 rings (SSSR count). The lowest BCUT2D eigenvalue weighted by Gasteiger charge is -2.11. The molecule has 0 fully saturated rings. The fourth-order valence-corrected chi connectivity index (χ4v) is 1.88. The number of ether oxygens (including phenoxy) is 2. The lowest BCUT2D eigenvalue weighted by atomic mass is 10.2. The molecule has 0 aliphatic heterocycles. The van der Waals surface area contributed by atoms with Gasteiger partial charge in [-0.2, -0.15) is 0 Å². The Balaban J connectivity index is 2.28. The van der Waals surface area contributed by atoms with E-state index in [4.69, 9.17) is 38.4 Å². The van der Waals surface area contributed by atoms with Gasteiger partial charge in [-0.3, -0.25) is 0 Å². The highest BCUT2D eigenvalue weighted by Gasteiger charge is 2.08. The summed E-state index contributed by atoms with van der Waals surface area (Å²) in [5, 5.41) is 0.818. The van der Waals surface area contributed by atoms with Crippen LogP contribution in [0.1, 0.15) is 6.92 Å². The minimum atomic E-state index is 0.374. The van der Waals surface area contributed by atoms with Crippen LogP contribution >= 0.6 is 23.2 Å². The zero-order chi connectivity index (χ0) is 13.8. The summed E-state index contributed by atoms with van der Waals surface area (Å²) in [4.78, 5) is 0. The third-order valence-corrected chi connectivity index (χ3v) is 3.23. The molecular weight excluding hydrogens is 285 g/mol. The molecule has 0 saturated heterocycles. The molecule has 5 heteroatoms. The average molecular weight is 298 g/mol. The van der Waals surface area contributed by atoms with Crippen LogP contribution in [-0.2, 0) is 0 Å². The molecule has 0 amide bonds. The molecule has 0 aliphatic rings. The Labute approximate surface area is 121 Å². The van der Waals surface area contributed by atoms with Gasteiger partial charge in [-0.1, -0.05) is 29.3 Å². The van der Waals surface area contributed by atoms with Crippen LogP contribution in [0.15, 0.2) is 36.4 Å². The number of nitrogen functional groups attached to an aromatic ring is 1. The maximum Gasteiger partial charge on any atom is 0.147 e. The number of rotatable bonds is 4. The van der Waals surface area contributed by atoms with Crippen molar-refractivity contribution < 1.29 is 9.47 Å². The molecule has 0 atom stereocenters. The van der Waals surface area contributed by atoms with Gasteiger partial charge in [-0.15, -0.1) is 0 Å². The van der Waals surface area contributed by atoms with Gasteiger partial charge >= 0.3 is 0 Å². The number of benzene rings is 2. The second-order valence-electron chi connectivity index (χ2n) is 3.79. The smallest absolute Gasteiger partial charge is 0.147 e. The van der Waals surface area contributed by atoms with E-state index in [1.54, 1.807) is 36.4 Å². The Morgan fingerprint density at radius 2 is 1.89 bits per heavy atom. The van der Waals surface area contributed by atoms with Gasteiger partial charge in [-0.05, 0) is 31.2 Å². The summed E-state index contributed by atoms with van der Waals surface area (Å²) in [5.41, 5.74) is 6.36. The van der Waals surface area contributed by atoms with E-state index >= 15 is 0 Å². The maximum atomic E-state index is 6.06. The van der Waals surface area contributed by atoms with Gasteiger partial charge in [0.2, 0.25) is 0 Å². The van der Waals surface area contributed by atoms with Crippen LogP contribution in [0.25, 0.3) is 0 Å². The molecule has 0 spiro atoms. The van der Waals surface area contributed by atoms with Gasteiger partial charge in [0.05, 0.1) is 17.3 Å². The second-order valence-corrected chi connectivity index (χ2v) is 4.57. The minimum Gasteiger partial charge on any atom is -0.492 e. The summed E-state index contributed by atoms with van der Waals surface area (Å²) in [6.45, 7) is 2.42. The Kier molecular flexibility index (Phi) is 4.40. The number of anilines is 1. The molecule has 0 aromatic heterocycles. The lowest BCUT2D eigenvalue weighted by molar-refractivity contribution is 0.340. The first-order valence-electron chi connectivity index (χ1n) is 5.76. The zero-order valence-electron chi connectivity index (χ0n) is 10.3. The van der Waals surface area contributed by atoms with Crippen molar-refractivity contribution in [2.75, 3.05) is 12.3 Å². The number of hydrogen-bond donors (Lipinski definition) is 1. The highest BCUT2D eigenvalue weighted by molar-refractivity contribution is 6.42. The van der Waals surface area contributed by atoms with Crippen molar-refractivity contribution in [3.8, 4) is 17.2 Å². The molecule has 0 unspecified atom stereocenters. The Morgan fingerprint density at radius 1 is 1.11 bits per heavy atom. The third-order valence-electron chi connectivity index (χ3n) is 2.43. The fourth-order valence-electron chi connectivity index (χ4n) is 1.55. The Hall–Kier alpha value is -1.58. The van der Waals surface area contributed by atoms with Gasteiger partial charge in [0, 0.05) is 6.07 Å². The van der Waals surface area contributed by atoms with Crippen molar-refractivity contribution in [2.24, 2.45) is 0 Å². The van der Waals surface area contributed by atoms with Crippen molar-refractivity contribution in [1.82, 2.24) is 0 Å². The first-order valence-corrected chi connectivity index (χ1v) is 6.51. The van der Waals surface area contributed by atoms with Crippen molar-refractivity contribution in [1.29, 1.82) is 0 Å². The molecule has 100 valence electrons. The molecule has 0 bridgehead atoms. The highest BCUT2D eigenvalue weighted by Crippen LogP contribution is 2.36. The van der Waals surface area contributed by atoms with Crippen molar-refractivity contribution in [3.63, 3.8) is 0 Å². The topological polar surface area (TPSA) is 44.5 Å². The molecule has 0 radical (unpaired) electrons. The molecule has 0 saturated carbocycles. The predicted octanol–water partition coefficient (Wildman–Crippen LogP) is 4.77. The summed E-state index contributed by atoms with van der Waals surface area (Å²) >= 11 is 12.0. The number of halogens is 2. The van der Waals surface area contributed by atoms with E-state index in [1.165, 1.54) is 0 Å². The van der Waals surface area contributed by atoms with Crippen molar-refractivity contribution in [3.05, 3.63) is 46.4 Å². The first kappa shape index (κ1) is 13.8. The summed E-state index contributed by atoms with van der Waals surface area (Å²) in [6.07, 6.45) is 0. The van der Waals surface area contributed by atoms with E-state index in [2.05, 4.69) is 0 Å². The normalized spacial score (nSPS) is 10.3. The second kappa shape index (κ2) is 6.04. The number of hydrogen-bond acceptors (Lipinski definition) is 3. The molecule has 2 aromatic carbocycles. The van der Waals surface area contributed by atoms with Crippen LogP contribution in [0.2, 0.25) is 10.0 Å². The van der Waals surface area contributed by atoms with Gasteiger partial charge in [0.25, 0.3) is 0 Å². The van der Waals surface area contributed by atoms with Crippen LogP contribution in [0.3, 0.4) is 0 Å². The Morgan fingerprint density at radius 3 is 2.63 bits per heavy atom. The van der Waals surface area contributed by atoms with E-state index < -0.39 is 0 Å². The SMILES string of the molecule is CCOc1cc(Oc2cccc(Cl)c2Cl)ccc1N. The van der Waals surface area contributed by atoms with Crippen LogP contribution in [0, 0.1) is 0 Å². The van der Waals surface area contributed by atoms with Gasteiger partial charge in [-0.25, -0.2) is 0 Å². The van der Waals surface area contributed by atoms with Crippen LogP contribution in [-0.4, -0.2) is 6.61 Å². The summed E-state index contributed by atoms with van der Waals surface area (Å²) in [5.74, 6) is 1.65. The van der Waals surface area contributed by atoms with Gasteiger partial charge < -0.3 is 15.2 Å². The average Bonchev–Trinajstić information content (AvgIpc) is 2.39. The quantitative estimate of drug-likeness (QED) is 0.827. The molecule has 2 N–H and O–H groups in total. The van der Waals surface area contributed by atoms with Crippen LogP contribution in [0.5, 0.6) is 17.2 Å². The largest absolute Gasteiger partial charge is 0.492 e. The lowest BCUT2D eigenvalue weighted by Crippen LogP contribution is -1.97. The minimum absolute atomic E-state index is 0.374. The zero-order valence-corrected chi connectivity index (χ0v) is 11.8. The van der Waals surface area contributed by atoms with E-state index in [0.717, 1.165) is 0 Å². The van der Waals surface area contributed by atoms with E-state index in [1.807, 2.05) is 6.92 Å². The molecule has 3 nitrogen and oxygen atoms in total. The molecule has 0 aliphatic carbocycles. The standard InChI is InChI=1S/C14H13Cl2NO2/c1-2-18-13-8-9(6-7-11(13)17)19-12-5-3-4-10(15)14(12)16/h3-8H,2,17H2,1H3. The third kappa shape index (κ3) is 3.25.